The summed E-state index contributed by atoms with van der Waals surface area (Å²) in [5, 5.41) is 9.73. The number of imidazole rings is 1. The number of fused-ring (bicyclic) bond motifs is 1. The van der Waals surface area contributed by atoms with E-state index in [-0.39, 0.29) is 0 Å². The number of aliphatic hydroxyl groups excluding tert-OH is 1. The Hall–Kier alpha value is -2.13. The molecule has 0 aliphatic carbocycles. The Kier molecular flexibility index (Phi) is 2.70. The van der Waals surface area contributed by atoms with E-state index in [1.54, 1.807) is 18.9 Å². The Morgan fingerprint density at radius 3 is 3.00 bits per heavy atom. The van der Waals surface area contributed by atoms with Gasteiger partial charge in [-0.05, 0) is 12.8 Å². The molecule has 0 bridgehead atoms. The molecular weight excluding hydrogens is 206 g/mol. The zero-order valence-electron chi connectivity index (χ0n) is 8.97. The number of hydrogen-bond acceptors (Lipinski definition) is 5. The van der Waals surface area contributed by atoms with Gasteiger partial charge in [-0.2, -0.15) is 0 Å². The Labute approximate surface area is 92.4 Å². The van der Waals surface area contributed by atoms with E-state index in [1.165, 1.54) is 12.7 Å². The first kappa shape index (κ1) is 10.4. The third-order valence-corrected chi connectivity index (χ3v) is 2.18. The van der Waals surface area contributed by atoms with Crippen LogP contribution in [0.3, 0.4) is 0 Å². The van der Waals surface area contributed by atoms with Crippen LogP contribution in [0.25, 0.3) is 11.2 Å². The van der Waals surface area contributed by atoms with Crippen LogP contribution in [0.1, 0.15) is 6.92 Å². The van der Waals surface area contributed by atoms with Gasteiger partial charge in [0.1, 0.15) is 11.8 Å². The Morgan fingerprint density at radius 2 is 2.25 bits per heavy atom. The summed E-state index contributed by atoms with van der Waals surface area (Å²) >= 11 is 0. The molecule has 0 spiro atoms. The number of nitrogens with one attached hydrogen (secondary N) is 1. The van der Waals surface area contributed by atoms with Crippen molar-refractivity contribution in [1.29, 1.82) is 0 Å². The lowest BCUT2D eigenvalue weighted by molar-refractivity contribution is 0.232. The average Bonchev–Trinajstić information content (AvgIpc) is 2.76. The molecule has 0 aliphatic heterocycles. The molecule has 0 saturated heterocycles. The van der Waals surface area contributed by atoms with Gasteiger partial charge in [0.2, 0.25) is 0 Å². The summed E-state index contributed by atoms with van der Waals surface area (Å²) in [7, 11) is 1.71. The summed E-state index contributed by atoms with van der Waals surface area (Å²) < 4.78 is 0. The van der Waals surface area contributed by atoms with Crippen molar-refractivity contribution in [3.8, 4) is 11.8 Å². The zero-order valence-corrected chi connectivity index (χ0v) is 8.97. The highest BCUT2D eigenvalue weighted by molar-refractivity contribution is 5.82. The minimum absolute atomic E-state index is 0.563. The third kappa shape index (κ3) is 1.68. The molecule has 0 saturated carbocycles. The van der Waals surface area contributed by atoms with Gasteiger partial charge in [-0.1, -0.05) is 0 Å². The standard InChI is InChI=1S/C10H11N5O/c1-3-4-7(16)15(2)10-8-9(12-5-11-8)13-6-14-10/h5-7,16H,1-2H3,(H,11,12,13,14). The average molecular weight is 217 g/mol. The minimum atomic E-state index is -0.897. The van der Waals surface area contributed by atoms with Gasteiger partial charge >= 0.3 is 0 Å². The lowest BCUT2D eigenvalue weighted by atomic mass is 10.4. The van der Waals surface area contributed by atoms with Gasteiger partial charge in [0.15, 0.2) is 17.7 Å². The highest BCUT2D eigenvalue weighted by Crippen LogP contribution is 2.19. The lowest BCUT2D eigenvalue weighted by Gasteiger charge is -2.20. The van der Waals surface area contributed by atoms with Crippen LogP contribution < -0.4 is 4.90 Å². The molecule has 82 valence electrons. The van der Waals surface area contributed by atoms with Gasteiger partial charge in [0.25, 0.3) is 0 Å². The molecule has 6 nitrogen and oxygen atoms in total. The molecular formula is C10H11N5O. The first-order valence-corrected chi connectivity index (χ1v) is 4.71. The second-order valence-electron chi connectivity index (χ2n) is 3.18. The van der Waals surface area contributed by atoms with Crippen molar-refractivity contribution in [3.63, 3.8) is 0 Å². The van der Waals surface area contributed by atoms with Crippen molar-refractivity contribution in [2.45, 2.75) is 13.2 Å². The smallest absolute Gasteiger partial charge is 0.192 e. The molecule has 2 rings (SSSR count). The topological polar surface area (TPSA) is 77.9 Å². The van der Waals surface area contributed by atoms with Crippen molar-refractivity contribution in [2.24, 2.45) is 0 Å². The van der Waals surface area contributed by atoms with Gasteiger partial charge < -0.3 is 15.0 Å². The normalized spacial score (nSPS) is 11.9. The number of rotatable bonds is 2. The van der Waals surface area contributed by atoms with E-state index in [2.05, 4.69) is 31.8 Å². The summed E-state index contributed by atoms with van der Waals surface area (Å²) in [6.45, 7) is 1.67. The SMILES string of the molecule is CC#CC(O)N(C)c1ncnc2nc[nH]c12. The van der Waals surface area contributed by atoms with E-state index in [4.69, 9.17) is 0 Å². The van der Waals surface area contributed by atoms with Gasteiger partial charge in [-0.25, -0.2) is 15.0 Å². The highest BCUT2D eigenvalue weighted by atomic mass is 16.3. The zero-order chi connectivity index (χ0) is 11.5. The number of nitrogens with zero attached hydrogens (tertiary/aromatic N) is 4. The number of aliphatic hydroxyl groups is 1. The summed E-state index contributed by atoms with van der Waals surface area (Å²) in [5.41, 5.74) is 1.25. The van der Waals surface area contributed by atoms with E-state index in [0.717, 1.165) is 0 Å². The molecule has 16 heavy (non-hydrogen) atoms. The molecule has 0 aromatic carbocycles. The first-order chi connectivity index (χ1) is 7.74. The van der Waals surface area contributed by atoms with Gasteiger partial charge in [0.05, 0.1) is 6.33 Å². The van der Waals surface area contributed by atoms with E-state index in [1.807, 2.05) is 0 Å². The maximum atomic E-state index is 9.73. The maximum absolute atomic E-state index is 9.73. The molecule has 0 aliphatic rings. The molecule has 0 fully saturated rings. The fourth-order valence-corrected chi connectivity index (χ4v) is 1.36. The fraction of sp³-hybridized carbons (Fsp3) is 0.300. The van der Waals surface area contributed by atoms with E-state index in [9.17, 15) is 5.11 Å². The molecule has 1 unspecified atom stereocenters. The Balaban J connectivity index is 2.45. The monoisotopic (exact) mass is 217 g/mol. The molecule has 2 aromatic heterocycles. The Bertz CT molecular complexity index is 553. The number of anilines is 1. The summed E-state index contributed by atoms with van der Waals surface area (Å²) in [5.74, 6) is 5.85. The van der Waals surface area contributed by atoms with Gasteiger partial charge in [-0.15, -0.1) is 5.92 Å². The lowest BCUT2D eigenvalue weighted by Crippen LogP contribution is -2.30. The fourth-order valence-electron chi connectivity index (χ4n) is 1.36. The van der Waals surface area contributed by atoms with Crippen LogP contribution in [-0.4, -0.2) is 38.3 Å². The quantitative estimate of drug-likeness (QED) is 0.552. The van der Waals surface area contributed by atoms with Crippen molar-refractivity contribution in [3.05, 3.63) is 12.7 Å². The van der Waals surface area contributed by atoms with Crippen molar-refractivity contribution in [1.82, 2.24) is 19.9 Å². The van der Waals surface area contributed by atoms with Gasteiger partial charge in [0, 0.05) is 7.05 Å². The van der Waals surface area contributed by atoms with Crippen LogP contribution in [0.2, 0.25) is 0 Å². The summed E-state index contributed by atoms with van der Waals surface area (Å²) in [6, 6.07) is 0. The van der Waals surface area contributed by atoms with E-state index in [0.29, 0.717) is 17.0 Å². The number of aromatic nitrogens is 4. The molecule has 2 N–H and O–H groups in total. The molecule has 1 atom stereocenters. The number of H-pyrrole nitrogens is 1. The van der Waals surface area contributed by atoms with Crippen LogP contribution in [0.4, 0.5) is 5.82 Å². The second-order valence-corrected chi connectivity index (χ2v) is 3.18. The molecule has 2 heterocycles. The van der Waals surface area contributed by atoms with Crippen LogP contribution in [0.15, 0.2) is 12.7 Å². The number of hydrogen-bond donors (Lipinski definition) is 2. The van der Waals surface area contributed by atoms with Crippen LogP contribution in [0, 0.1) is 11.8 Å². The minimum Gasteiger partial charge on any atom is -0.363 e. The Morgan fingerprint density at radius 1 is 1.44 bits per heavy atom. The largest absolute Gasteiger partial charge is 0.363 e. The summed E-state index contributed by atoms with van der Waals surface area (Å²) in [4.78, 5) is 16.6. The van der Waals surface area contributed by atoms with Crippen LogP contribution in [-0.2, 0) is 0 Å². The molecule has 2 aromatic rings. The molecule has 0 radical (unpaired) electrons. The highest BCUT2D eigenvalue weighted by Gasteiger charge is 2.14. The summed E-state index contributed by atoms with van der Waals surface area (Å²) in [6.07, 6.45) is 2.04. The maximum Gasteiger partial charge on any atom is 0.192 e. The first-order valence-electron chi connectivity index (χ1n) is 4.71. The van der Waals surface area contributed by atoms with E-state index < -0.39 is 6.23 Å². The van der Waals surface area contributed by atoms with Crippen LogP contribution in [0.5, 0.6) is 0 Å². The second kappa shape index (κ2) is 4.16. The molecule has 0 amide bonds. The van der Waals surface area contributed by atoms with Crippen LogP contribution >= 0.6 is 0 Å². The predicted molar refractivity (Wildman–Crippen MR) is 59.5 cm³/mol. The van der Waals surface area contributed by atoms with E-state index >= 15 is 0 Å². The van der Waals surface area contributed by atoms with Crippen molar-refractivity contribution in [2.75, 3.05) is 11.9 Å². The predicted octanol–water partition coefficient (Wildman–Crippen LogP) is 0.131. The molecule has 6 heteroatoms. The third-order valence-electron chi connectivity index (χ3n) is 2.18. The van der Waals surface area contributed by atoms with Crippen molar-refractivity contribution >= 4 is 17.0 Å². The van der Waals surface area contributed by atoms with Crippen molar-refractivity contribution < 1.29 is 5.11 Å². The van der Waals surface area contributed by atoms with Gasteiger partial charge in [-0.3, -0.25) is 0 Å². The number of aromatic amines is 1.